The maximum Gasteiger partial charge on any atom is 0.328 e. The second-order valence-electron chi connectivity index (χ2n) is 5.35. The number of amides is 4. The third-order valence-electron chi connectivity index (χ3n) is 3.90. The fourth-order valence-electron chi connectivity index (χ4n) is 2.59. The summed E-state index contributed by atoms with van der Waals surface area (Å²) >= 11 is 0. The van der Waals surface area contributed by atoms with Gasteiger partial charge in [0.15, 0.2) is 0 Å². The molecule has 1 aliphatic rings. The number of nitrogens with one attached hydrogen (secondary N) is 2. The van der Waals surface area contributed by atoms with Crippen LogP contribution in [-0.4, -0.2) is 17.8 Å². The van der Waals surface area contributed by atoms with Gasteiger partial charge in [0.1, 0.15) is 5.41 Å². The standard InChI is InChI=1S/C15H18N2O3/c1-10(2)15(9-8-11-6-4-3-5-7-11)12(18)16-14(20)17-13(15)19/h3-7,10H,8-9H2,1-2H3,(H2,16,17,18,19,20). The molecule has 1 fully saturated rings. The van der Waals surface area contributed by atoms with Gasteiger partial charge < -0.3 is 0 Å². The van der Waals surface area contributed by atoms with Crippen molar-refractivity contribution in [2.75, 3.05) is 0 Å². The Morgan fingerprint density at radius 2 is 1.55 bits per heavy atom. The van der Waals surface area contributed by atoms with Crippen LogP contribution in [0.15, 0.2) is 30.3 Å². The Balaban J connectivity index is 2.24. The van der Waals surface area contributed by atoms with Crippen molar-refractivity contribution in [2.24, 2.45) is 11.3 Å². The van der Waals surface area contributed by atoms with E-state index in [1.807, 2.05) is 44.2 Å². The summed E-state index contributed by atoms with van der Waals surface area (Å²) in [4.78, 5) is 35.6. The molecule has 5 heteroatoms. The maximum atomic E-state index is 12.2. The molecule has 0 aromatic heterocycles. The number of carbonyl (C=O) groups excluding carboxylic acids is 3. The predicted octanol–water partition coefficient (Wildman–Crippen LogP) is 1.63. The molecule has 1 saturated heterocycles. The third-order valence-corrected chi connectivity index (χ3v) is 3.90. The first kappa shape index (κ1) is 14.2. The molecular weight excluding hydrogens is 256 g/mol. The Morgan fingerprint density at radius 1 is 1.00 bits per heavy atom. The van der Waals surface area contributed by atoms with E-state index in [1.165, 1.54) is 0 Å². The van der Waals surface area contributed by atoms with Gasteiger partial charge in [-0.2, -0.15) is 0 Å². The molecule has 5 nitrogen and oxygen atoms in total. The number of barbiturate groups is 1. The summed E-state index contributed by atoms with van der Waals surface area (Å²) in [5.41, 5.74) is -0.131. The van der Waals surface area contributed by atoms with Gasteiger partial charge in [0.2, 0.25) is 11.8 Å². The zero-order valence-electron chi connectivity index (χ0n) is 11.6. The van der Waals surface area contributed by atoms with E-state index < -0.39 is 23.3 Å². The molecule has 1 aromatic rings. The molecule has 1 heterocycles. The van der Waals surface area contributed by atoms with Gasteiger partial charge >= 0.3 is 6.03 Å². The first-order valence-electron chi connectivity index (χ1n) is 6.67. The summed E-state index contributed by atoms with van der Waals surface area (Å²) in [5, 5.41) is 4.42. The molecule has 0 unspecified atom stereocenters. The SMILES string of the molecule is CC(C)C1(CCc2ccccc2)C(=O)NC(=O)NC1=O. The van der Waals surface area contributed by atoms with Crippen LogP contribution in [0.4, 0.5) is 4.79 Å². The quantitative estimate of drug-likeness (QED) is 0.819. The van der Waals surface area contributed by atoms with Gasteiger partial charge in [-0.25, -0.2) is 4.79 Å². The van der Waals surface area contributed by atoms with Crippen molar-refractivity contribution in [3.05, 3.63) is 35.9 Å². The van der Waals surface area contributed by atoms with E-state index in [2.05, 4.69) is 10.6 Å². The van der Waals surface area contributed by atoms with E-state index in [9.17, 15) is 14.4 Å². The van der Waals surface area contributed by atoms with Crippen LogP contribution in [0.5, 0.6) is 0 Å². The van der Waals surface area contributed by atoms with E-state index in [0.717, 1.165) is 5.56 Å². The molecule has 4 amide bonds. The Morgan fingerprint density at radius 3 is 2.05 bits per heavy atom. The monoisotopic (exact) mass is 274 g/mol. The van der Waals surface area contributed by atoms with Crippen molar-refractivity contribution in [1.29, 1.82) is 0 Å². The number of aryl methyl sites for hydroxylation is 1. The van der Waals surface area contributed by atoms with Crippen LogP contribution < -0.4 is 10.6 Å². The van der Waals surface area contributed by atoms with Gasteiger partial charge in [-0.15, -0.1) is 0 Å². The Kier molecular flexibility index (Phi) is 3.88. The third kappa shape index (κ3) is 2.43. The van der Waals surface area contributed by atoms with E-state index >= 15 is 0 Å². The largest absolute Gasteiger partial charge is 0.328 e. The number of benzene rings is 1. The van der Waals surface area contributed by atoms with Crippen molar-refractivity contribution in [2.45, 2.75) is 26.7 Å². The lowest BCUT2D eigenvalue weighted by Crippen LogP contribution is -2.64. The number of carbonyl (C=O) groups is 3. The summed E-state index contributed by atoms with van der Waals surface area (Å²) in [6, 6.07) is 8.93. The molecule has 0 aliphatic carbocycles. The van der Waals surface area contributed by atoms with Crippen molar-refractivity contribution in [3.8, 4) is 0 Å². The minimum absolute atomic E-state index is 0.195. The van der Waals surface area contributed by atoms with Crippen molar-refractivity contribution < 1.29 is 14.4 Å². The molecular formula is C15H18N2O3. The average molecular weight is 274 g/mol. The van der Waals surface area contributed by atoms with Crippen molar-refractivity contribution >= 4 is 17.8 Å². The van der Waals surface area contributed by atoms with E-state index in [1.54, 1.807) is 0 Å². The molecule has 2 rings (SSSR count). The lowest BCUT2D eigenvalue weighted by molar-refractivity contribution is -0.148. The average Bonchev–Trinajstić information content (AvgIpc) is 2.38. The summed E-state index contributed by atoms with van der Waals surface area (Å²) in [5.74, 6) is -1.20. The molecule has 106 valence electrons. The lowest BCUT2D eigenvalue weighted by atomic mass is 9.70. The van der Waals surface area contributed by atoms with Crippen LogP contribution >= 0.6 is 0 Å². The number of rotatable bonds is 4. The summed E-state index contributed by atoms with van der Waals surface area (Å²) in [6.45, 7) is 3.64. The predicted molar refractivity (Wildman–Crippen MR) is 73.7 cm³/mol. The zero-order valence-corrected chi connectivity index (χ0v) is 11.6. The second kappa shape index (κ2) is 5.45. The lowest BCUT2D eigenvalue weighted by Gasteiger charge is -2.37. The minimum Gasteiger partial charge on any atom is -0.277 e. The van der Waals surface area contributed by atoms with Crippen LogP contribution in [0.3, 0.4) is 0 Å². The highest BCUT2D eigenvalue weighted by Crippen LogP contribution is 2.35. The Hall–Kier alpha value is -2.17. The molecule has 0 bridgehead atoms. The van der Waals surface area contributed by atoms with Crippen LogP contribution in [-0.2, 0) is 16.0 Å². The fraction of sp³-hybridized carbons (Fsp3) is 0.400. The zero-order chi connectivity index (χ0) is 14.8. The van der Waals surface area contributed by atoms with Crippen LogP contribution in [0, 0.1) is 11.3 Å². The number of hydrogen-bond acceptors (Lipinski definition) is 3. The molecule has 0 radical (unpaired) electrons. The smallest absolute Gasteiger partial charge is 0.277 e. The van der Waals surface area contributed by atoms with E-state index in [0.29, 0.717) is 12.8 Å². The number of urea groups is 1. The molecule has 0 saturated carbocycles. The van der Waals surface area contributed by atoms with Gasteiger partial charge in [-0.3, -0.25) is 20.2 Å². The van der Waals surface area contributed by atoms with Crippen LogP contribution in [0.2, 0.25) is 0 Å². The van der Waals surface area contributed by atoms with E-state index in [-0.39, 0.29) is 5.92 Å². The molecule has 1 aliphatic heterocycles. The topological polar surface area (TPSA) is 75.3 Å². The summed E-state index contributed by atoms with van der Waals surface area (Å²) in [7, 11) is 0. The molecule has 20 heavy (non-hydrogen) atoms. The van der Waals surface area contributed by atoms with Crippen molar-refractivity contribution in [3.63, 3.8) is 0 Å². The minimum atomic E-state index is -1.19. The first-order chi connectivity index (χ1) is 9.46. The van der Waals surface area contributed by atoms with E-state index in [4.69, 9.17) is 0 Å². The first-order valence-corrected chi connectivity index (χ1v) is 6.67. The van der Waals surface area contributed by atoms with Gasteiger partial charge in [-0.1, -0.05) is 44.2 Å². The van der Waals surface area contributed by atoms with Crippen molar-refractivity contribution in [1.82, 2.24) is 10.6 Å². The van der Waals surface area contributed by atoms with Gasteiger partial charge in [0, 0.05) is 0 Å². The van der Waals surface area contributed by atoms with Crippen LogP contribution in [0.1, 0.15) is 25.8 Å². The highest BCUT2D eigenvalue weighted by atomic mass is 16.2. The molecule has 0 spiro atoms. The molecule has 0 atom stereocenters. The molecule has 1 aromatic carbocycles. The Bertz CT molecular complexity index is 517. The summed E-state index contributed by atoms with van der Waals surface area (Å²) < 4.78 is 0. The van der Waals surface area contributed by atoms with Gasteiger partial charge in [0.25, 0.3) is 0 Å². The van der Waals surface area contributed by atoms with Gasteiger partial charge in [-0.05, 0) is 24.3 Å². The number of imide groups is 2. The second-order valence-corrected chi connectivity index (χ2v) is 5.35. The maximum absolute atomic E-state index is 12.2. The fourth-order valence-corrected chi connectivity index (χ4v) is 2.59. The summed E-state index contributed by atoms with van der Waals surface area (Å²) in [6.07, 6.45) is 0.980. The van der Waals surface area contributed by atoms with Gasteiger partial charge in [0.05, 0.1) is 0 Å². The number of hydrogen-bond donors (Lipinski definition) is 2. The molecule has 2 N–H and O–H groups in total. The Labute approximate surface area is 117 Å². The highest BCUT2D eigenvalue weighted by molar-refractivity contribution is 6.19. The normalized spacial score (nSPS) is 17.9. The van der Waals surface area contributed by atoms with Crippen LogP contribution in [0.25, 0.3) is 0 Å². The highest BCUT2D eigenvalue weighted by Gasteiger charge is 2.51.